The molecular weight excluding hydrogens is 520 g/mol. The molecule has 2 N–H and O–H groups in total. The fourth-order valence-electron chi connectivity index (χ4n) is 8.55. The van der Waals surface area contributed by atoms with E-state index in [9.17, 15) is 34.2 Å². The van der Waals surface area contributed by atoms with Crippen LogP contribution < -0.4 is 0 Å². The molecule has 0 bridgehead atoms. The first kappa shape index (κ1) is 29.1. The molecule has 7 heteroatoms. The number of rotatable bonds is 5. The highest BCUT2D eigenvalue weighted by molar-refractivity contribution is 6.32. The SMILES string of the molecule is CC/C=C/C1=CC=C(c2ccc(O)c3c2C[C@]2(C)C[C@]4(C)C(C(C)C)C(=O)C(C(C)=O)C(=O)[C@]4(O)C(=O)C2C3=O)C1. The van der Waals surface area contributed by atoms with Crippen LogP contribution >= 0.6 is 0 Å². The minimum Gasteiger partial charge on any atom is -0.507 e. The third-order valence-electron chi connectivity index (χ3n) is 10.1. The van der Waals surface area contributed by atoms with Crippen LogP contribution in [0.3, 0.4) is 0 Å². The van der Waals surface area contributed by atoms with E-state index in [1.165, 1.54) is 6.07 Å². The second-order valence-corrected chi connectivity index (χ2v) is 13.2. The maximum absolute atomic E-state index is 14.4. The van der Waals surface area contributed by atoms with Gasteiger partial charge in [-0.05, 0) is 72.3 Å². The minimum atomic E-state index is -2.69. The fourth-order valence-corrected chi connectivity index (χ4v) is 8.55. The van der Waals surface area contributed by atoms with Gasteiger partial charge in [-0.3, -0.25) is 24.0 Å². The number of allylic oxidation sites excluding steroid dienone is 6. The van der Waals surface area contributed by atoms with Gasteiger partial charge in [0.2, 0.25) is 0 Å². The van der Waals surface area contributed by atoms with Crippen molar-refractivity contribution in [3.8, 4) is 5.75 Å². The van der Waals surface area contributed by atoms with E-state index in [2.05, 4.69) is 19.1 Å². The molecule has 4 aliphatic carbocycles. The van der Waals surface area contributed by atoms with Crippen molar-refractivity contribution in [2.75, 3.05) is 0 Å². The largest absolute Gasteiger partial charge is 0.507 e. The predicted molar refractivity (Wildman–Crippen MR) is 153 cm³/mol. The van der Waals surface area contributed by atoms with Gasteiger partial charge in [0.25, 0.3) is 0 Å². The van der Waals surface area contributed by atoms with E-state index in [0.29, 0.717) is 12.0 Å². The van der Waals surface area contributed by atoms with E-state index in [-0.39, 0.29) is 30.1 Å². The summed E-state index contributed by atoms with van der Waals surface area (Å²) in [5.41, 5.74) is -1.66. The fraction of sp³-hybridized carbons (Fsp3) is 0.500. The highest BCUT2D eigenvalue weighted by Crippen LogP contribution is 2.64. The van der Waals surface area contributed by atoms with Crippen LogP contribution in [0, 0.1) is 34.5 Å². The second-order valence-electron chi connectivity index (χ2n) is 13.2. The lowest BCUT2D eigenvalue weighted by Gasteiger charge is -2.61. The summed E-state index contributed by atoms with van der Waals surface area (Å²) in [4.78, 5) is 68.5. The minimum absolute atomic E-state index is 0.0341. The monoisotopic (exact) mass is 558 g/mol. The molecule has 1 aromatic rings. The van der Waals surface area contributed by atoms with Crippen molar-refractivity contribution in [1.29, 1.82) is 0 Å². The molecular formula is C34H38O7. The highest BCUT2D eigenvalue weighted by atomic mass is 16.3. The van der Waals surface area contributed by atoms with Crippen LogP contribution in [0.15, 0.2) is 42.0 Å². The maximum Gasteiger partial charge on any atom is 0.190 e. The summed E-state index contributed by atoms with van der Waals surface area (Å²) in [6.45, 7) is 10.1. The number of aromatic hydroxyl groups is 1. The van der Waals surface area contributed by atoms with Crippen LogP contribution in [0.4, 0.5) is 0 Å². The topological polar surface area (TPSA) is 126 Å². The van der Waals surface area contributed by atoms with Crippen LogP contribution in [0.1, 0.15) is 82.3 Å². The van der Waals surface area contributed by atoms with Crippen LogP contribution in [-0.2, 0) is 25.6 Å². The number of carbonyl (C=O) groups is 5. The lowest BCUT2D eigenvalue weighted by molar-refractivity contribution is -0.205. The first-order chi connectivity index (χ1) is 19.1. The van der Waals surface area contributed by atoms with E-state index >= 15 is 0 Å². The molecule has 6 atom stereocenters. The molecule has 3 unspecified atom stereocenters. The van der Waals surface area contributed by atoms with Gasteiger partial charge in [-0.25, -0.2) is 0 Å². The zero-order valence-electron chi connectivity index (χ0n) is 24.5. The summed E-state index contributed by atoms with van der Waals surface area (Å²) in [6, 6.07) is 3.24. The molecule has 4 aliphatic rings. The Morgan fingerprint density at radius 1 is 1.10 bits per heavy atom. The molecule has 0 aliphatic heterocycles. The van der Waals surface area contributed by atoms with Crippen LogP contribution in [0.25, 0.3) is 5.57 Å². The van der Waals surface area contributed by atoms with Gasteiger partial charge in [0.15, 0.2) is 28.7 Å². The number of Topliss-reactive ketones (excluding diaryl/α,β-unsaturated/α-hetero) is 5. The number of hydrogen-bond donors (Lipinski definition) is 2. The smallest absolute Gasteiger partial charge is 0.190 e. The first-order valence-electron chi connectivity index (χ1n) is 14.4. The Kier molecular flexibility index (Phi) is 6.77. The van der Waals surface area contributed by atoms with Crippen molar-refractivity contribution in [2.24, 2.45) is 34.5 Å². The molecule has 0 radical (unpaired) electrons. The van der Waals surface area contributed by atoms with E-state index in [0.717, 1.165) is 30.1 Å². The molecule has 41 heavy (non-hydrogen) atoms. The summed E-state index contributed by atoms with van der Waals surface area (Å²) in [5, 5.41) is 23.0. The molecule has 0 heterocycles. The average Bonchev–Trinajstić information content (AvgIpc) is 3.33. The highest BCUT2D eigenvalue weighted by Gasteiger charge is 2.76. The number of phenolic OH excluding ortho intramolecular Hbond substituents is 1. The lowest BCUT2D eigenvalue weighted by Crippen LogP contribution is -2.76. The van der Waals surface area contributed by atoms with E-state index < -0.39 is 63.1 Å². The van der Waals surface area contributed by atoms with Gasteiger partial charge >= 0.3 is 0 Å². The number of aliphatic hydroxyl groups is 1. The molecule has 1 aromatic carbocycles. The van der Waals surface area contributed by atoms with E-state index in [1.54, 1.807) is 33.8 Å². The molecule has 0 amide bonds. The maximum atomic E-state index is 14.4. The van der Waals surface area contributed by atoms with E-state index in [1.807, 2.05) is 12.2 Å². The summed E-state index contributed by atoms with van der Waals surface area (Å²) >= 11 is 0. The first-order valence-corrected chi connectivity index (χ1v) is 14.4. The number of hydrogen-bond acceptors (Lipinski definition) is 7. The van der Waals surface area contributed by atoms with Crippen LogP contribution in [-0.4, -0.2) is 44.7 Å². The van der Waals surface area contributed by atoms with Gasteiger partial charge in [0.1, 0.15) is 17.5 Å². The van der Waals surface area contributed by atoms with Crippen molar-refractivity contribution in [3.05, 3.63) is 58.7 Å². The standard InChI is InChI=1S/C34H38O7/c1-7-8-9-19-10-11-20(14-19)21-12-13-23(36)25-22(21)15-32(5)16-33(6)26(17(2)3)28(37)24(18(4)35)30(39)34(33,41)31(40)27(32)29(25)38/h8-13,17,24,26-27,36,41H,7,14-16H2,1-6H3/b9-8+/t24?,26?,27?,32-,33-,34+/m1/s1. The van der Waals surface area contributed by atoms with Gasteiger partial charge in [0, 0.05) is 11.3 Å². The Bertz CT molecular complexity index is 1510. The predicted octanol–water partition coefficient (Wildman–Crippen LogP) is 4.77. The number of benzene rings is 1. The summed E-state index contributed by atoms with van der Waals surface area (Å²) in [7, 11) is 0. The Morgan fingerprint density at radius 3 is 2.39 bits per heavy atom. The number of carbonyl (C=O) groups excluding carboxylic acids is 5. The van der Waals surface area contributed by atoms with Crippen molar-refractivity contribution in [2.45, 2.75) is 72.8 Å². The van der Waals surface area contributed by atoms with Gasteiger partial charge in [-0.2, -0.15) is 0 Å². The Labute approximate surface area is 240 Å². The summed E-state index contributed by atoms with van der Waals surface area (Å²) < 4.78 is 0. The molecule has 2 fully saturated rings. The number of fused-ring (bicyclic) bond motifs is 3. The molecule has 7 nitrogen and oxygen atoms in total. The van der Waals surface area contributed by atoms with Gasteiger partial charge in [-0.15, -0.1) is 0 Å². The average molecular weight is 559 g/mol. The molecule has 0 saturated heterocycles. The van der Waals surface area contributed by atoms with Gasteiger partial charge in [-0.1, -0.05) is 65.0 Å². The Hall–Kier alpha value is -3.45. The Morgan fingerprint density at radius 2 is 1.78 bits per heavy atom. The van der Waals surface area contributed by atoms with Gasteiger partial charge < -0.3 is 10.2 Å². The van der Waals surface area contributed by atoms with Crippen molar-refractivity contribution in [3.63, 3.8) is 0 Å². The van der Waals surface area contributed by atoms with Crippen molar-refractivity contribution >= 4 is 34.5 Å². The molecule has 2 saturated carbocycles. The third kappa shape index (κ3) is 3.84. The zero-order valence-corrected chi connectivity index (χ0v) is 24.5. The van der Waals surface area contributed by atoms with Crippen LogP contribution in [0.2, 0.25) is 0 Å². The van der Waals surface area contributed by atoms with Crippen molar-refractivity contribution in [1.82, 2.24) is 0 Å². The van der Waals surface area contributed by atoms with E-state index in [4.69, 9.17) is 0 Å². The molecule has 5 rings (SSSR count). The molecule has 0 aromatic heterocycles. The van der Waals surface area contributed by atoms with Crippen LogP contribution in [0.5, 0.6) is 5.75 Å². The quantitative estimate of drug-likeness (QED) is 0.499. The molecule has 0 spiro atoms. The van der Waals surface area contributed by atoms with Crippen molar-refractivity contribution < 1.29 is 34.2 Å². The number of ketones is 5. The second kappa shape index (κ2) is 9.55. The molecule has 216 valence electrons. The lowest BCUT2D eigenvalue weighted by atomic mass is 9.40. The van der Waals surface area contributed by atoms with Gasteiger partial charge in [0.05, 0.1) is 11.5 Å². The summed E-state index contributed by atoms with van der Waals surface area (Å²) in [5.74, 6) is -8.79. The normalized spacial score (nSPS) is 34.9. The number of phenols is 1. The third-order valence-corrected chi connectivity index (χ3v) is 10.1. The Balaban J connectivity index is 1.66. The zero-order chi connectivity index (χ0) is 30.2. The summed E-state index contributed by atoms with van der Waals surface area (Å²) in [6.07, 6.45) is 10.0.